The molecule has 0 amide bonds. The van der Waals surface area contributed by atoms with Crippen LogP contribution in [0, 0.1) is 0 Å². The van der Waals surface area contributed by atoms with Crippen LogP contribution in [0.25, 0.3) is 0 Å². The van der Waals surface area contributed by atoms with E-state index in [0.717, 1.165) is 5.56 Å². The van der Waals surface area contributed by atoms with Crippen LogP contribution in [0.5, 0.6) is 0 Å². The summed E-state index contributed by atoms with van der Waals surface area (Å²) in [6.07, 6.45) is 0.0654. The molecule has 110 valence electrons. The first-order valence-electron chi connectivity index (χ1n) is 7.04. The maximum absolute atomic E-state index is 12.3. The first-order valence-corrected chi connectivity index (χ1v) is 7.04. The molecule has 1 atom stereocenters. The first kappa shape index (κ1) is 15.4. The van der Waals surface area contributed by atoms with Gasteiger partial charge in [0.15, 0.2) is 5.78 Å². The van der Waals surface area contributed by atoms with Crippen molar-refractivity contribution >= 4 is 5.78 Å². The van der Waals surface area contributed by atoms with Gasteiger partial charge in [-0.1, -0.05) is 54.6 Å². The molecule has 0 bridgehead atoms. The summed E-state index contributed by atoms with van der Waals surface area (Å²) in [5, 5.41) is 0. The Hall–Kier alpha value is -1.97. The normalized spacial score (nSPS) is 12.4. The van der Waals surface area contributed by atoms with Gasteiger partial charge in [-0.3, -0.25) is 9.69 Å². The minimum absolute atomic E-state index is 0.0460. The molecule has 1 unspecified atom stereocenters. The van der Waals surface area contributed by atoms with Crippen molar-refractivity contribution in [1.82, 2.24) is 4.90 Å². The Morgan fingerprint density at radius 2 is 1.57 bits per heavy atom. The van der Waals surface area contributed by atoms with Crippen molar-refractivity contribution in [2.24, 2.45) is 0 Å². The molecule has 0 aromatic heterocycles. The molecule has 0 spiro atoms. The molecule has 2 rings (SSSR count). The summed E-state index contributed by atoms with van der Waals surface area (Å²) in [4.78, 5) is 14.3. The van der Waals surface area contributed by atoms with Crippen LogP contribution in [0.15, 0.2) is 54.6 Å². The molecule has 0 fully saturated rings. The van der Waals surface area contributed by atoms with Gasteiger partial charge < -0.3 is 4.74 Å². The van der Waals surface area contributed by atoms with Crippen molar-refractivity contribution in [2.45, 2.75) is 19.8 Å². The number of ether oxygens (including phenoxy) is 1. The van der Waals surface area contributed by atoms with Crippen LogP contribution in [0.4, 0.5) is 0 Å². The molecule has 3 heteroatoms. The van der Waals surface area contributed by atoms with Crippen molar-refractivity contribution in [3.05, 3.63) is 71.3 Å². The number of nitrogens with zero attached hydrogens (tertiary/aromatic N) is 1. The second-order valence-electron chi connectivity index (χ2n) is 5.27. The van der Waals surface area contributed by atoms with Crippen molar-refractivity contribution in [3.63, 3.8) is 0 Å². The third kappa shape index (κ3) is 4.25. The van der Waals surface area contributed by atoms with Gasteiger partial charge in [0.25, 0.3) is 0 Å². The smallest absolute Gasteiger partial charge is 0.193 e. The van der Waals surface area contributed by atoms with Crippen LogP contribution < -0.4 is 0 Å². The Kier molecular flexibility index (Phi) is 5.26. The number of hydrogen-bond donors (Lipinski definition) is 0. The molecule has 0 aliphatic carbocycles. The van der Waals surface area contributed by atoms with Gasteiger partial charge in [0, 0.05) is 11.1 Å². The predicted molar refractivity (Wildman–Crippen MR) is 84.3 cm³/mol. The molecule has 2 aromatic carbocycles. The van der Waals surface area contributed by atoms with Gasteiger partial charge in [0.2, 0.25) is 0 Å². The predicted octanol–water partition coefficient (Wildman–Crippen LogP) is 3.34. The molecule has 0 N–H and O–H groups in total. The maximum atomic E-state index is 12.3. The SMILES string of the molecule is CC(OCc1ccc(C(=O)c2ccccc2)cc1)N(C)C. The van der Waals surface area contributed by atoms with E-state index in [1.165, 1.54) is 0 Å². The molecule has 0 heterocycles. The van der Waals surface area contributed by atoms with Crippen LogP contribution in [-0.2, 0) is 11.3 Å². The Morgan fingerprint density at radius 3 is 2.14 bits per heavy atom. The van der Waals surface area contributed by atoms with Gasteiger partial charge in [-0.05, 0) is 26.6 Å². The van der Waals surface area contributed by atoms with E-state index >= 15 is 0 Å². The summed E-state index contributed by atoms with van der Waals surface area (Å²) in [6.45, 7) is 2.55. The van der Waals surface area contributed by atoms with Crippen molar-refractivity contribution < 1.29 is 9.53 Å². The quantitative estimate of drug-likeness (QED) is 0.601. The second kappa shape index (κ2) is 7.16. The van der Waals surface area contributed by atoms with Gasteiger partial charge in [-0.25, -0.2) is 0 Å². The molecular formula is C18H21NO2. The molecule has 0 aliphatic heterocycles. The number of rotatable bonds is 6. The van der Waals surface area contributed by atoms with E-state index in [1.54, 1.807) is 0 Å². The lowest BCUT2D eigenvalue weighted by Crippen LogP contribution is -2.27. The van der Waals surface area contributed by atoms with E-state index < -0.39 is 0 Å². The van der Waals surface area contributed by atoms with Crippen LogP contribution in [0.2, 0.25) is 0 Å². The number of carbonyl (C=O) groups is 1. The molecular weight excluding hydrogens is 262 g/mol. The highest BCUT2D eigenvalue weighted by Crippen LogP contribution is 2.12. The summed E-state index contributed by atoms with van der Waals surface area (Å²) in [6, 6.07) is 16.9. The Balaban J connectivity index is 2.01. The van der Waals surface area contributed by atoms with E-state index in [9.17, 15) is 4.79 Å². The van der Waals surface area contributed by atoms with Gasteiger partial charge in [0.05, 0.1) is 6.61 Å². The minimum Gasteiger partial charge on any atom is -0.359 e. The molecule has 0 aliphatic rings. The molecule has 0 saturated heterocycles. The van der Waals surface area contributed by atoms with Gasteiger partial charge in [-0.2, -0.15) is 0 Å². The third-order valence-electron chi connectivity index (χ3n) is 3.47. The Bertz CT molecular complexity index is 576. The highest BCUT2D eigenvalue weighted by molar-refractivity contribution is 6.08. The number of ketones is 1. The fourth-order valence-corrected chi connectivity index (χ4v) is 1.87. The molecule has 0 saturated carbocycles. The average molecular weight is 283 g/mol. The zero-order chi connectivity index (χ0) is 15.2. The van der Waals surface area contributed by atoms with E-state index in [-0.39, 0.29) is 12.0 Å². The zero-order valence-electron chi connectivity index (χ0n) is 12.7. The lowest BCUT2D eigenvalue weighted by Gasteiger charge is -2.20. The summed E-state index contributed by atoms with van der Waals surface area (Å²) >= 11 is 0. The topological polar surface area (TPSA) is 29.5 Å². The third-order valence-corrected chi connectivity index (χ3v) is 3.47. The Labute approximate surface area is 126 Å². The fourth-order valence-electron chi connectivity index (χ4n) is 1.87. The van der Waals surface area contributed by atoms with Crippen molar-refractivity contribution in [3.8, 4) is 0 Å². The largest absolute Gasteiger partial charge is 0.359 e. The summed E-state index contributed by atoms with van der Waals surface area (Å²) < 4.78 is 5.72. The molecule has 2 aromatic rings. The standard InChI is InChI=1S/C18H21NO2/c1-14(19(2)3)21-13-15-9-11-17(12-10-15)18(20)16-7-5-4-6-8-16/h4-12,14H,13H2,1-3H3. The lowest BCUT2D eigenvalue weighted by molar-refractivity contribution is -0.0329. The Morgan fingerprint density at radius 1 is 1.00 bits per heavy atom. The highest BCUT2D eigenvalue weighted by Gasteiger charge is 2.09. The van der Waals surface area contributed by atoms with E-state index in [1.807, 2.05) is 80.5 Å². The minimum atomic E-state index is 0.0460. The first-order chi connectivity index (χ1) is 10.1. The zero-order valence-corrected chi connectivity index (χ0v) is 12.7. The summed E-state index contributed by atoms with van der Waals surface area (Å²) in [7, 11) is 3.96. The van der Waals surface area contributed by atoms with Crippen LogP contribution >= 0.6 is 0 Å². The van der Waals surface area contributed by atoms with Crippen molar-refractivity contribution in [2.75, 3.05) is 14.1 Å². The lowest BCUT2D eigenvalue weighted by atomic mass is 10.0. The highest BCUT2D eigenvalue weighted by atomic mass is 16.5. The summed E-state index contributed by atoms with van der Waals surface area (Å²) in [5.41, 5.74) is 2.47. The van der Waals surface area contributed by atoms with Gasteiger partial charge >= 0.3 is 0 Å². The van der Waals surface area contributed by atoms with E-state index in [4.69, 9.17) is 4.74 Å². The van der Waals surface area contributed by atoms with E-state index in [0.29, 0.717) is 17.7 Å². The van der Waals surface area contributed by atoms with Crippen LogP contribution in [0.3, 0.4) is 0 Å². The fraction of sp³-hybridized carbons (Fsp3) is 0.278. The molecule has 3 nitrogen and oxygen atoms in total. The summed E-state index contributed by atoms with van der Waals surface area (Å²) in [5.74, 6) is 0.0460. The number of hydrogen-bond acceptors (Lipinski definition) is 3. The molecule has 0 radical (unpaired) electrons. The number of carbonyl (C=O) groups excluding carboxylic acids is 1. The maximum Gasteiger partial charge on any atom is 0.193 e. The van der Waals surface area contributed by atoms with Gasteiger partial charge in [-0.15, -0.1) is 0 Å². The molecule has 21 heavy (non-hydrogen) atoms. The monoisotopic (exact) mass is 283 g/mol. The van der Waals surface area contributed by atoms with Crippen LogP contribution in [-0.4, -0.2) is 31.0 Å². The van der Waals surface area contributed by atoms with Crippen molar-refractivity contribution in [1.29, 1.82) is 0 Å². The van der Waals surface area contributed by atoms with Crippen LogP contribution in [0.1, 0.15) is 28.4 Å². The number of benzene rings is 2. The second-order valence-corrected chi connectivity index (χ2v) is 5.27. The average Bonchev–Trinajstić information content (AvgIpc) is 2.53. The van der Waals surface area contributed by atoms with E-state index in [2.05, 4.69) is 0 Å². The van der Waals surface area contributed by atoms with Gasteiger partial charge in [0.1, 0.15) is 6.23 Å².